The van der Waals surface area contributed by atoms with Gasteiger partial charge in [0.15, 0.2) is 0 Å². The van der Waals surface area contributed by atoms with Crippen molar-refractivity contribution in [1.82, 2.24) is 0 Å². The number of hydrogen-bond donors (Lipinski definition) is 1. The van der Waals surface area contributed by atoms with Crippen molar-refractivity contribution in [3.05, 3.63) is 29.6 Å². The number of anilines is 1. The monoisotopic (exact) mass is 295 g/mol. The van der Waals surface area contributed by atoms with E-state index in [4.69, 9.17) is 0 Å². The Morgan fingerprint density at radius 3 is 2.70 bits per heavy atom. The summed E-state index contributed by atoms with van der Waals surface area (Å²) in [6, 6.07) is 4.81. The first-order valence-electron chi connectivity index (χ1n) is 7.29. The molecule has 1 aromatic carbocycles. The van der Waals surface area contributed by atoms with Crippen LogP contribution in [0.15, 0.2) is 18.2 Å². The van der Waals surface area contributed by atoms with E-state index in [1.807, 2.05) is 6.92 Å². The molecule has 1 N–H and O–H groups in total. The van der Waals surface area contributed by atoms with Gasteiger partial charge in [0.05, 0.1) is 5.25 Å². The molecule has 0 aromatic heterocycles. The van der Waals surface area contributed by atoms with E-state index in [2.05, 4.69) is 5.32 Å². The van der Waals surface area contributed by atoms with E-state index in [-0.39, 0.29) is 17.0 Å². The molecular formula is C16H22FNOS. The summed E-state index contributed by atoms with van der Waals surface area (Å²) in [5.74, 6) is -0.320. The fraction of sp³-hybridized carbons (Fsp3) is 0.562. The van der Waals surface area contributed by atoms with E-state index in [9.17, 15) is 9.18 Å². The van der Waals surface area contributed by atoms with Gasteiger partial charge in [-0.25, -0.2) is 4.39 Å². The van der Waals surface area contributed by atoms with Gasteiger partial charge in [0.25, 0.3) is 0 Å². The Hall–Kier alpha value is -1.03. The van der Waals surface area contributed by atoms with Crippen LogP contribution in [-0.4, -0.2) is 16.4 Å². The number of aryl methyl sites for hydroxylation is 1. The predicted octanol–water partition coefficient (Wildman–Crippen LogP) is 4.53. The molecule has 1 saturated carbocycles. The Bertz CT molecular complexity index is 472. The van der Waals surface area contributed by atoms with Crippen molar-refractivity contribution < 1.29 is 9.18 Å². The highest BCUT2D eigenvalue weighted by atomic mass is 32.2. The molecule has 0 saturated heterocycles. The zero-order valence-corrected chi connectivity index (χ0v) is 12.9. The van der Waals surface area contributed by atoms with Gasteiger partial charge in [0, 0.05) is 10.9 Å². The summed E-state index contributed by atoms with van der Waals surface area (Å²) in [4.78, 5) is 12.1. The molecule has 1 fully saturated rings. The SMILES string of the molecule is Cc1ccc(NC(=O)C(C)SC2CCCCC2)cc1F. The molecule has 1 unspecified atom stereocenters. The number of rotatable bonds is 4. The van der Waals surface area contributed by atoms with Crippen LogP contribution >= 0.6 is 11.8 Å². The molecule has 4 heteroatoms. The lowest BCUT2D eigenvalue weighted by molar-refractivity contribution is -0.115. The number of carbonyl (C=O) groups excluding carboxylic acids is 1. The topological polar surface area (TPSA) is 29.1 Å². The van der Waals surface area contributed by atoms with Crippen LogP contribution in [0, 0.1) is 12.7 Å². The largest absolute Gasteiger partial charge is 0.325 e. The van der Waals surface area contributed by atoms with Gasteiger partial charge in [0.2, 0.25) is 5.91 Å². The molecule has 2 rings (SSSR count). The van der Waals surface area contributed by atoms with E-state index in [1.54, 1.807) is 30.8 Å². The van der Waals surface area contributed by atoms with Crippen molar-refractivity contribution in [1.29, 1.82) is 0 Å². The Kier molecular flexibility index (Phi) is 5.46. The molecule has 110 valence electrons. The summed E-state index contributed by atoms with van der Waals surface area (Å²) in [7, 11) is 0. The van der Waals surface area contributed by atoms with Crippen molar-refractivity contribution in [3.8, 4) is 0 Å². The molecule has 1 amide bonds. The van der Waals surface area contributed by atoms with Gasteiger partial charge >= 0.3 is 0 Å². The normalized spacial score (nSPS) is 17.8. The summed E-state index contributed by atoms with van der Waals surface area (Å²) < 4.78 is 13.4. The number of carbonyl (C=O) groups is 1. The van der Waals surface area contributed by atoms with E-state index in [1.165, 1.54) is 38.2 Å². The molecule has 1 aromatic rings. The van der Waals surface area contributed by atoms with E-state index in [0.29, 0.717) is 16.5 Å². The van der Waals surface area contributed by atoms with Gasteiger partial charge in [-0.2, -0.15) is 0 Å². The summed E-state index contributed by atoms with van der Waals surface area (Å²) in [6.45, 7) is 3.64. The molecule has 0 spiro atoms. The second-order valence-electron chi connectivity index (χ2n) is 5.49. The number of halogens is 1. The minimum Gasteiger partial charge on any atom is -0.325 e. The highest BCUT2D eigenvalue weighted by Crippen LogP contribution is 2.31. The molecule has 0 radical (unpaired) electrons. The van der Waals surface area contributed by atoms with Gasteiger partial charge in [-0.15, -0.1) is 11.8 Å². The molecule has 0 heterocycles. The van der Waals surface area contributed by atoms with Crippen LogP contribution in [0.3, 0.4) is 0 Å². The summed E-state index contributed by atoms with van der Waals surface area (Å²) in [5.41, 5.74) is 1.13. The summed E-state index contributed by atoms with van der Waals surface area (Å²) >= 11 is 1.75. The lowest BCUT2D eigenvalue weighted by atomic mass is 10.0. The van der Waals surface area contributed by atoms with Crippen molar-refractivity contribution >= 4 is 23.4 Å². The maximum Gasteiger partial charge on any atom is 0.237 e. The Morgan fingerprint density at radius 2 is 2.05 bits per heavy atom. The van der Waals surface area contributed by atoms with Crippen molar-refractivity contribution in [3.63, 3.8) is 0 Å². The lowest BCUT2D eigenvalue weighted by Gasteiger charge is -2.23. The van der Waals surface area contributed by atoms with Crippen LogP contribution in [-0.2, 0) is 4.79 Å². The van der Waals surface area contributed by atoms with Crippen LogP contribution in [0.25, 0.3) is 0 Å². The summed E-state index contributed by atoms with van der Waals surface area (Å²) in [6.07, 6.45) is 6.29. The third-order valence-corrected chi connectivity index (χ3v) is 5.24. The van der Waals surface area contributed by atoms with Crippen molar-refractivity contribution in [2.24, 2.45) is 0 Å². The smallest absolute Gasteiger partial charge is 0.237 e. The first kappa shape index (κ1) is 15.4. The Morgan fingerprint density at radius 1 is 1.35 bits per heavy atom. The molecule has 1 aliphatic carbocycles. The second kappa shape index (κ2) is 7.11. The third-order valence-electron chi connectivity index (χ3n) is 3.76. The maximum atomic E-state index is 13.4. The van der Waals surface area contributed by atoms with Gasteiger partial charge in [-0.05, 0) is 44.4 Å². The van der Waals surface area contributed by atoms with Crippen LogP contribution in [0.2, 0.25) is 0 Å². The highest BCUT2D eigenvalue weighted by Gasteiger charge is 2.21. The van der Waals surface area contributed by atoms with E-state index in [0.717, 1.165) is 0 Å². The van der Waals surface area contributed by atoms with Crippen LogP contribution < -0.4 is 5.32 Å². The van der Waals surface area contributed by atoms with Gasteiger partial charge < -0.3 is 5.32 Å². The number of hydrogen-bond acceptors (Lipinski definition) is 2. The van der Waals surface area contributed by atoms with Crippen LogP contribution in [0.4, 0.5) is 10.1 Å². The molecule has 20 heavy (non-hydrogen) atoms. The summed E-state index contributed by atoms with van der Waals surface area (Å²) in [5, 5.41) is 3.30. The van der Waals surface area contributed by atoms with Gasteiger partial charge in [0.1, 0.15) is 5.82 Å². The second-order valence-corrected chi connectivity index (χ2v) is 7.14. The lowest BCUT2D eigenvalue weighted by Crippen LogP contribution is -2.25. The van der Waals surface area contributed by atoms with Crippen LogP contribution in [0.5, 0.6) is 0 Å². The van der Waals surface area contributed by atoms with Gasteiger partial charge in [-0.1, -0.05) is 25.3 Å². The zero-order valence-electron chi connectivity index (χ0n) is 12.1. The standard InChI is InChI=1S/C16H22FNOS/c1-11-8-9-13(10-15(11)17)18-16(19)12(2)20-14-6-4-3-5-7-14/h8-10,12,14H,3-7H2,1-2H3,(H,18,19). The molecular weight excluding hydrogens is 273 g/mol. The number of amides is 1. The van der Waals surface area contributed by atoms with E-state index >= 15 is 0 Å². The predicted molar refractivity (Wildman–Crippen MR) is 83.7 cm³/mol. The first-order chi connectivity index (χ1) is 9.56. The first-order valence-corrected chi connectivity index (χ1v) is 8.23. The third kappa shape index (κ3) is 4.23. The minimum atomic E-state index is -0.282. The molecule has 0 bridgehead atoms. The molecule has 2 nitrogen and oxygen atoms in total. The van der Waals surface area contributed by atoms with Crippen molar-refractivity contribution in [2.75, 3.05) is 5.32 Å². The fourth-order valence-electron chi connectivity index (χ4n) is 2.47. The van der Waals surface area contributed by atoms with E-state index < -0.39 is 0 Å². The number of nitrogens with one attached hydrogen (secondary N) is 1. The molecule has 1 atom stereocenters. The minimum absolute atomic E-state index is 0.0381. The zero-order chi connectivity index (χ0) is 14.5. The fourth-order valence-corrected chi connectivity index (χ4v) is 3.83. The number of benzene rings is 1. The highest BCUT2D eigenvalue weighted by molar-refractivity contribution is 8.01. The quantitative estimate of drug-likeness (QED) is 0.884. The average molecular weight is 295 g/mol. The maximum absolute atomic E-state index is 13.4. The van der Waals surface area contributed by atoms with Crippen molar-refractivity contribution in [2.45, 2.75) is 56.5 Å². The number of thioether (sulfide) groups is 1. The molecule has 1 aliphatic rings. The van der Waals surface area contributed by atoms with Gasteiger partial charge in [-0.3, -0.25) is 4.79 Å². The van der Waals surface area contributed by atoms with Crippen LogP contribution in [0.1, 0.15) is 44.6 Å². The average Bonchev–Trinajstić information content (AvgIpc) is 2.44. The molecule has 0 aliphatic heterocycles. The Balaban J connectivity index is 1.88. The Labute approximate surface area is 124 Å².